The van der Waals surface area contributed by atoms with Gasteiger partial charge in [0.1, 0.15) is 17.5 Å². The Kier molecular flexibility index (Phi) is 6.71. The van der Waals surface area contributed by atoms with Crippen molar-refractivity contribution >= 4 is 11.6 Å². The molecule has 0 bridgehead atoms. The van der Waals surface area contributed by atoms with Crippen LogP contribution in [-0.4, -0.2) is 34.3 Å². The zero-order valence-electron chi connectivity index (χ0n) is 13.3. The molecule has 1 aromatic heterocycles. The van der Waals surface area contributed by atoms with Crippen molar-refractivity contribution in [1.82, 2.24) is 9.97 Å². The van der Waals surface area contributed by atoms with Gasteiger partial charge in [0, 0.05) is 18.0 Å². The molecule has 1 unspecified atom stereocenters. The van der Waals surface area contributed by atoms with Crippen LogP contribution in [0.4, 0.5) is 11.6 Å². The van der Waals surface area contributed by atoms with Gasteiger partial charge in [0.25, 0.3) is 0 Å². The third-order valence-corrected chi connectivity index (χ3v) is 3.28. The lowest BCUT2D eigenvalue weighted by molar-refractivity contribution is 0.271. The number of aromatic nitrogens is 2. The molecule has 1 atom stereocenters. The van der Waals surface area contributed by atoms with E-state index in [1.54, 1.807) is 0 Å². The number of rotatable bonds is 8. The largest absolute Gasteiger partial charge is 0.394 e. The van der Waals surface area contributed by atoms with Crippen molar-refractivity contribution in [3.8, 4) is 0 Å². The first kappa shape index (κ1) is 16.7. The molecule has 0 amide bonds. The van der Waals surface area contributed by atoms with Gasteiger partial charge in [0.2, 0.25) is 0 Å². The van der Waals surface area contributed by atoms with E-state index >= 15 is 0 Å². The van der Waals surface area contributed by atoms with E-state index in [1.165, 1.54) is 0 Å². The maximum Gasteiger partial charge on any atom is 0.135 e. The minimum atomic E-state index is 0.0302. The molecule has 3 N–H and O–H groups in total. The Hall–Kier alpha value is -1.36. The molecule has 1 aromatic rings. The molecule has 5 nitrogen and oxygen atoms in total. The third-order valence-electron chi connectivity index (χ3n) is 3.28. The fourth-order valence-corrected chi connectivity index (χ4v) is 1.82. The van der Waals surface area contributed by atoms with Crippen molar-refractivity contribution in [2.24, 2.45) is 0 Å². The predicted molar refractivity (Wildman–Crippen MR) is 84.4 cm³/mol. The van der Waals surface area contributed by atoms with Crippen LogP contribution in [0.15, 0.2) is 0 Å². The molecule has 1 heterocycles. The lowest BCUT2D eigenvalue weighted by Gasteiger charge is -2.20. The molecule has 1 rings (SSSR count). The maximum absolute atomic E-state index is 9.35. The average Bonchev–Trinajstić information content (AvgIpc) is 2.44. The number of aliphatic hydroxyl groups is 1. The summed E-state index contributed by atoms with van der Waals surface area (Å²) in [4.78, 5) is 9.21. The molecule has 0 saturated heterocycles. The fraction of sp³-hybridized carbons (Fsp3) is 0.733. The van der Waals surface area contributed by atoms with Crippen LogP contribution < -0.4 is 10.6 Å². The molecule has 0 aliphatic carbocycles. The highest BCUT2D eigenvalue weighted by atomic mass is 16.3. The van der Waals surface area contributed by atoms with Crippen molar-refractivity contribution in [2.45, 2.75) is 59.4 Å². The minimum absolute atomic E-state index is 0.0302. The van der Waals surface area contributed by atoms with E-state index in [-0.39, 0.29) is 18.6 Å². The Morgan fingerprint density at radius 1 is 1.15 bits per heavy atom. The summed E-state index contributed by atoms with van der Waals surface area (Å²) >= 11 is 0. The highest BCUT2D eigenvalue weighted by Crippen LogP contribution is 2.24. The number of aliphatic hydroxyl groups excluding tert-OH is 1. The zero-order chi connectivity index (χ0) is 15.1. The molecule has 5 heteroatoms. The van der Waals surface area contributed by atoms with Gasteiger partial charge in [0.15, 0.2) is 0 Å². The van der Waals surface area contributed by atoms with Gasteiger partial charge in [-0.05, 0) is 19.8 Å². The molecular weight excluding hydrogens is 252 g/mol. The second-order valence-corrected chi connectivity index (χ2v) is 5.42. The van der Waals surface area contributed by atoms with Crippen LogP contribution >= 0.6 is 0 Å². The average molecular weight is 280 g/mol. The van der Waals surface area contributed by atoms with Crippen LogP contribution in [0.3, 0.4) is 0 Å². The summed E-state index contributed by atoms with van der Waals surface area (Å²) in [6.07, 6.45) is 1.91. The Balaban J connectivity index is 3.09. The summed E-state index contributed by atoms with van der Waals surface area (Å²) in [6, 6.07) is 0.0302. The smallest absolute Gasteiger partial charge is 0.135 e. The van der Waals surface area contributed by atoms with Gasteiger partial charge in [-0.25, -0.2) is 9.97 Å². The van der Waals surface area contributed by atoms with Crippen LogP contribution in [-0.2, 0) is 0 Å². The summed E-state index contributed by atoms with van der Waals surface area (Å²) in [6.45, 7) is 11.4. The lowest BCUT2D eigenvalue weighted by atomic mass is 10.2. The van der Waals surface area contributed by atoms with E-state index in [4.69, 9.17) is 0 Å². The second kappa shape index (κ2) is 8.04. The van der Waals surface area contributed by atoms with Gasteiger partial charge in [-0.1, -0.05) is 27.7 Å². The number of nitrogens with one attached hydrogen (secondary N) is 2. The predicted octanol–water partition coefficient (Wildman–Crippen LogP) is 2.91. The number of hydrogen-bond acceptors (Lipinski definition) is 5. The van der Waals surface area contributed by atoms with Gasteiger partial charge in [-0.3, -0.25) is 0 Å². The van der Waals surface area contributed by atoms with E-state index in [9.17, 15) is 5.11 Å². The monoisotopic (exact) mass is 280 g/mol. The SMILES string of the molecule is CCCNc1nc(C(C)C)nc(NC(CC)CO)c1C. The second-order valence-electron chi connectivity index (χ2n) is 5.42. The van der Waals surface area contributed by atoms with Crippen LogP contribution in [0.25, 0.3) is 0 Å². The molecule has 0 spiro atoms. The van der Waals surface area contributed by atoms with Gasteiger partial charge < -0.3 is 15.7 Å². The Labute approximate surface area is 122 Å². The van der Waals surface area contributed by atoms with Crippen molar-refractivity contribution in [3.63, 3.8) is 0 Å². The first-order valence-electron chi connectivity index (χ1n) is 7.53. The van der Waals surface area contributed by atoms with E-state index in [2.05, 4.69) is 41.4 Å². The van der Waals surface area contributed by atoms with Crippen molar-refractivity contribution < 1.29 is 5.11 Å². The maximum atomic E-state index is 9.35. The third kappa shape index (κ3) is 4.34. The number of nitrogens with zero attached hydrogens (tertiary/aromatic N) is 2. The van der Waals surface area contributed by atoms with Gasteiger partial charge in [0.05, 0.1) is 12.6 Å². The normalized spacial score (nSPS) is 12.6. The van der Waals surface area contributed by atoms with E-state index < -0.39 is 0 Å². The molecule has 20 heavy (non-hydrogen) atoms. The summed E-state index contributed by atoms with van der Waals surface area (Å²) < 4.78 is 0. The van der Waals surface area contributed by atoms with Gasteiger partial charge in [-0.2, -0.15) is 0 Å². The van der Waals surface area contributed by atoms with E-state index in [0.717, 1.165) is 42.4 Å². The summed E-state index contributed by atoms with van der Waals surface area (Å²) in [5.41, 5.74) is 1.01. The van der Waals surface area contributed by atoms with Crippen molar-refractivity contribution in [2.75, 3.05) is 23.8 Å². The molecule has 0 fully saturated rings. The fourth-order valence-electron chi connectivity index (χ4n) is 1.82. The highest BCUT2D eigenvalue weighted by molar-refractivity contribution is 5.57. The molecule has 114 valence electrons. The van der Waals surface area contributed by atoms with Crippen LogP contribution in [0.5, 0.6) is 0 Å². The lowest BCUT2D eigenvalue weighted by Crippen LogP contribution is -2.24. The van der Waals surface area contributed by atoms with Crippen LogP contribution in [0, 0.1) is 6.92 Å². The number of hydrogen-bond donors (Lipinski definition) is 3. The van der Waals surface area contributed by atoms with Gasteiger partial charge in [-0.15, -0.1) is 0 Å². The Bertz CT molecular complexity index is 417. The summed E-state index contributed by atoms with van der Waals surface area (Å²) in [5, 5.41) is 16.0. The highest BCUT2D eigenvalue weighted by Gasteiger charge is 2.15. The molecule has 0 saturated carbocycles. The Morgan fingerprint density at radius 2 is 1.80 bits per heavy atom. The molecule has 0 aliphatic heterocycles. The standard InChI is InChI=1S/C15H28N4O/c1-6-8-16-14-11(5)15(17-12(7-2)9-20)19-13(18-14)10(3)4/h10,12,20H,6-9H2,1-5H3,(H2,16,17,18,19). The van der Waals surface area contributed by atoms with Gasteiger partial charge >= 0.3 is 0 Å². The topological polar surface area (TPSA) is 70.1 Å². The number of anilines is 2. The molecule has 0 aliphatic rings. The van der Waals surface area contributed by atoms with Crippen molar-refractivity contribution in [3.05, 3.63) is 11.4 Å². The van der Waals surface area contributed by atoms with E-state index in [1.807, 2.05) is 13.8 Å². The summed E-state index contributed by atoms with van der Waals surface area (Å²) in [5.74, 6) is 2.81. The Morgan fingerprint density at radius 3 is 2.30 bits per heavy atom. The quantitative estimate of drug-likeness (QED) is 0.683. The molecular formula is C15H28N4O. The van der Waals surface area contributed by atoms with Crippen LogP contribution in [0.1, 0.15) is 57.8 Å². The zero-order valence-corrected chi connectivity index (χ0v) is 13.3. The summed E-state index contributed by atoms with van der Waals surface area (Å²) in [7, 11) is 0. The molecule has 0 radical (unpaired) electrons. The molecule has 0 aromatic carbocycles. The first-order valence-corrected chi connectivity index (χ1v) is 7.53. The van der Waals surface area contributed by atoms with Crippen molar-refractivity contribution in [1.29, 1.82) is 0 Å². The first-order chi connectivity index (χ1) is 9.53. The van der Waals surface area contributed by atoms with Crippen LogP contribution in [0.2, 0.25) is 0 Å². The van der Waals surface area contributed by atoms with E-state index in [0.29, 0.717) is 0 Å². The minimum Gasteiger partial charge on any atom is -0.394 e.